The van der Waals surface area contributed by atoms with Gasteiger partial charge in [0.1, 0.15) is 0 Å². The van der Waals surface area contributed by atoms with Crippen LogP contribution in [0.2, 0.25) is 0 Å². The van der Waals surface area contributed by atoms with Crippen LogP contribution < -0.4 is 5.32 Å². The Morgan fingerprint density at radius 1 is 1.32 bits per heavy atom. The minimum absolute atomic E-state index is 0.0671. The lowest BCUT2D eigenvalue weighted by Crippen LogP contribution is -2.42. The van der Waals surface area contributed by atoms with Crippen molar-refractivity contribution in [2.75, 3.05) is 5.75 Å². The largest absolute Gasteiger partial charge is 0.345 e. The molecule has 0 aliphatic rings. The van der Waals surface area contributed by atoms with Crippen LogP contribution in [0.25, 0.3) is 0 Å². The third-order valence-corrected chi connectivity index (χ3v) is 4.03. The topological polar surface area (TPSA) is 89.8 Å². The summed E-state index contributed by atoms with van der Waals surface area (Å²) in [6, 6.07) is 9.07. The van der Waals surface area contributed by atoms with E-state index in [4.69, 9.17) is 0 Å². The SMILES string of the molecule is CC(=O)[C@@H](Cc1ccccc1)NC(=O)CSc1nnnn1C. The second-order valence-corrected chi connectivity index (χ2v) is 5.74. The molecular weight excluding hydrogens is 302 g/mol. The van der Waals surface area contributed by atoms with Gasteiger partial charge in [0.15, 0.2) is 5.78 Å². The second-order valence-electron chi connectivity index (χ2n) is 4.79. The fourth-order valence-corrected chi connectivity index (χ4v) is 2.52. The number of rotatable bonds is 7. The maximum Gasteiger partial charge on any atom is 0.231 e. The lowest BCUT2D eigenvalue weighted by atomic mass is 10.0. The Hall–Kier alpha value is -2.22. The van der Waals surface area contributed by atoms with E-state index in [1.54, 1.807) is 7.05 Å². The molecule has 0 aliphatic heterocycles. The average molecular weight is 319 g/mol. The minimum atomic E-state index is -0.520. The van der Waals surface area contributed by atoms with Crippen molar-refractivity contribution in [3.63, 3.8) is 0 Å². The predicted molar refractivity (Wildman–Crippen MR) is 82.3 cm³/mol. The van der Waals surface area contributed by atoms with Gasteiger partial charge in [-0.1, -0.05) is 42.1 Å². The first-order chi connectivity index (χ1) is 10.6. The molecule has 22 heavy (non-hydrogen) atoms. The van der Waals surface area contributed by atoms with Gasteiger partial charge in [-0.2, -0.15) is 0 Å². The van der Waals surface area contributed by atoms with Gasteiger partial charge in [0, 0.05) is 7.05 Å². The number of aromatic nitrogens is 4. The fraction of sp³-hybridized carbons (Fsp3) is 0.357. The highest BCUT2D eigenvalue weighted by Gasteiger charge is 2.18. The number of tetrazole rings is 1. The molecule has 0 saturated carbocycles. The molecule has 2 aromatic rings. The average Bonchev–Trinajstić information content (AvgIpc) is 2.91. The summed E-state index contributed by atoms with van der Waals surface area (Å²) >= 11 is 1.23. The molecule has 1 aromatic heterocycles. The molecule has 0 unspecified atom stereocenters. The van der Waals surface area contributed by atoms with Crippen LogP contribution in [0.15, 0.2) is 35.5 Å². The summed E-state index contributed by atoms with van der Waals surface area (Å²) in [4.78, 5) is 23.7. The van der Waals surface area contributed by atoms with Crippen molar-refractivity contribution in [2.24, 2.45) is 7.05 Å². The van der Waals surface area contributed by atoms with E-state index in [-0.39, 0.29) is 17.4 Å². The molecule has 1 heterocycles. The van der Waals surface area contributed by atoms with Crippen LogP contribution in [0.5, 0.6) is 0 Å². The number of carbonyl (C=O) groups is 2. The summed E-state index contributed by atoms with van der Waals surface area (Å²) in [6.07, 6.45) is 0.484. The quantitative estimate of drug-likeness (QED) is 0.753. The zero-order chi connectivity index (χ0) is 15.9. The van der Waals surface area contributed by atoms with E-state index in [1.165, 1.54) is 23.4 Å². The number of ketones is 1. The lowest BCUT2D eigenvalue weighted by molar-refractivity contribution is -0.125. The predicted octanol–water partition coefficient (Wildman–Crippen LogP) is 0.619. The van der Waals surface area contributed by atoms with Gasteiger partial charge in [-0.3, -0.25) is 9.59 Å². The van der Waals surface area contributed by atoms with E-state index in [0.29, 0.717) is 11.6 Å². The molecule has 1 N–H and O–H groups in total. The molecule has 0 radical (unpaired) electrons. The molecule has 1 atom stereocenters. The third-order valence-electron chi connectivity index (χ3n) is 3.02. The zero-order valence-corrected chi connectivity index (χ0v) is 13.2. The number of amides is 1. The van der Waals surface area contributed by atoms with Crippen LogP contribution in [0.3, 0.4) is 0 Å². The van der Waals surface area contributed by atoms with Crippen LogP contribution in [-0.2, 0) is 23.1 Å². The highest BCUT2D eigenvalue weighted by molar-refractivity contribution is 7.99. The van der Waals surface area contributed by atoms with Crippen LogP contribution in [-0.4, -0.2) is 43.7 Å². The summed E-state index contributed by atoms with van der Waals surface area (Å²) < 4.78 is 1.49. The van der Waals surface area contributed by atoms with Crippen LogP contribution in [0.1, 0.15) is 12.5 Å². The van der Waals surface area contributed by atoms with Gasteiger partial charge < -0.3 is 5.32 Å². The molecule has 7 nitrogen and oxygen atoms in total. The summed E-state index contributed by atoms with van der Waals surface area (Å²) in [5.41, 5.74) is 1.01. The number of thioether (sulfide) groups is 1. The van der Waals surface area contributed by atoms with Gasteiger partial charge >= 0.3 is 0 Å². The Labute approximate surface area is 132 Å². The minimum Gasteiger partial charge on any atom is -0.345 e. The molecule has 0 saturated heterocycles. The van der Waals surface area contributed by atoms with Crippen molar-refractivity contribution >= 4 is 23.5 Å². The number of hydrogen-bond acceptors (Lipinski definition) is 6. The first kappa shape index (κ1) is 16.2. The zero-order valence-electron chi connectivity index (χ0n) is 12.4. The number of carbonyl (C=O) groups excluding carboxylic acids is 2. The number of aryl methyl sites for hydroxylation is 1. The fourth-order valence-electron chi connectivity index (χ4n) is 1.86. The van der Waals surface area contributed by atoms with Crippen LogP contribution in [0, 0.1) is 0 Å². The van der Waals surface area contributed by atoms with Crippen molar-refractivity contribution in [3.05, 3.63) is 35.9 Å². The monoisotopic (exact) mass is 319 g/mol. The Kier molecular flexibility index (Phi) is 5.65. The van der Waals surface area contributed by atoms with E-state index in [0.717, 1.165) is 5.56 Å². The van der Waals surface area contributed by atoms with Crippen molar-refractivity contribution in [2.45, 2.75) is 24.5 Å². The van der Waals surface area contributed by atoms with Gasteiger partial charge in [-0.05, 0) is 29.3 Å². The van der Waals surface area contributed by atoms with Gasteiger partial charge in [0.25, 0.3) is 0 Å². The Morgan fingerprint density at radius 3 is 2.64 bits per heavy atom. The molecule has 2 rings (SSSR count). The molecule has 0 bridgehead atoms. The maximum atomic E-state index is 12.0. The van der Waals surface area contributed by atoms with Crippen LogP contribution in [0.4, 0.5) is 0 Å². The van der Waals surface area contributed by atoms with Gasteiger partial charge in [0.2, 0.25) is 11.1 Å². The summed E-state index contributed by atoms with van der Waals surface area (Å²) in [6.45, 7) is 1.48. The summed E-state index contributed by atoms with van der Waals surface area (Å²) in [5.74, 6) is -0.126. The Balaban J connectivity index is 1.89. The van der Waals surface area contributed by atoms with Gasteiger partial charge in [-0.15, -0.1) is 5.10 Å². The number of nitrogens with one attached hydrogen (secondary N) is 1. The van der Waals surface area contributed by atoms with E-state index in [9.17, 15) is 9.59 Å². The van der Waals surface area contributed by atoms with E-state index < -0.39 is 6.04 Å². The standard InChI is InChI=1S/C14H17N5O2S/c1-10(20)12(8-11-6-4-3-5-7-11)15-13(21)9-22-14-16-17-18-19(14)2/h3-7,12H,8-9H2,1-2H3,(H,15,21)/t12-/m1/s1. The number of Topliss-reactive ketones (excluding diaryl/α,β-unsaturated/α-hetero) is 1. The van der Waals surface area contributed by atoms with Crippen LogP contribution >= 0.6 is 11.8 Å². The van der Waals surface area contributed by atoms with Crippen molar-refractivity contribution in [1.29, 1.82) is 0 Å². The van der Waals surface area contributed by atoms with Crippen molar-refractivity contribution in [1.82, 2.24) is 25.5 Å². The summed E-state index contributed by atoms with van der Waals surface area (Å²) in [5, 5.41) is 14.3. The van der Waals surface area contributed by atoms with Gasteiger partial charge in [-0.25, -0.2) is 4.68 Å². The van der Waals surface area contributed by atoms with E-state index in [2.05, 4.69) is 20.8 Å². The normalized spacial score (nSPS) is 11.9. The number of nitrogens with zero attached hydrogens (tertiary/aromatic N) is 4. The smallest absolute Gasteiger partial charge is 0.231 e. The van der Waals surface area contributed by atoms with Crippen molar-refractivity contribution < 1.29 is 9.59 Å². The third kappa shape index (κ3) is 4.66. The summed E-state index contributed by atoms with van der Waals surface area (Å²) in [7, 11) is 1.70. The van der Waals surface area contributed by atoms with Crippen molar-refractivity contribution in [3.8, 4) is 0 Å². The Morgan fingerprint density at radius 2 is 2.05 bits per heavy atom. The lowest BCUT2D eigenvalue weighted by Gasteiger charge is -2.15. The highest BCUT2D eigenvalue weighted by Crippen LogP contribution is 2.12. The molecule has 116 valence electrons. The first-order valence-corrected chi connectivity index (χ1v) is 7.73. The Bertz CT molecular complexity index is 644. The maximum absolute atomic E-state index is 12.0. The molecule has 0 fully saturated rings. The highest BCUT2D eigenvalue weighted by atomic mass is 32.2. The molecule has 1 aromatic carbocycles. The molecule has 8 heteroatoms. The van der Waals surface area contributed by atoms with Gasteiger partial charge in [0.05, 0.1) is 11.8 Å². The molecule has 1 amide bonds. The van der Waals surface area contributed by atoms with E-state index >= 15 is 0 Å². The van der Waals surface area contributed by atoms with E-state index in [1.807, 2.05) is 30.3 Å². The number of hydrogen-bond donors (Lipinski definition) is 1. The number of benzene rings is 1. The first-order valence-electron chi connectivity index (χ1n) is 6.75. The molecular formula is C14H17N5O2S. The molecule has 0 spiro atoms. The molecule has 0 aliphatic carbocycles. The second kappa shape index (κ2) is 7.69.